The molecule has 0 saturated heterocycles. The summed E-state index contributed by atoms with van der Waals surface area (Å²) in [6.45, 7) is 2.16. The van der Waals surface area contributed by atoms with Crippen LogP contribution in [-0.2, 0) is 16.0 Å². The first kappa shape index (κ1) is 18.9. The van der Waals surface area contributed by atoms with Crippen LogP contribution in [0.2, 0.25) is 0 Å². The van der Waals surface area contributed by atoms with Crippen molar-refractivity contribution < 1.29 is 24.2 Å². The molecular formula is C20H23NO6. The predicted octanol–water partition coefficient (Wildman–Crippen LogP) is 2.36. The Balaban J connectivity index is 1.64. The van der Waals surface area contributed by atoms with Gasteiger partial charge in [-0.1, -0.05) is 0 Å². The lowest BCUT2D eigenvalue weighted by molar-refractivity contribution is -0.143. The van der Waals surface area contributed by atoms with Crippen LogP contribution in [0.25, 0.3) is 11.0 Å². The molecule has 1 aromatic heterocycles. The lowest BCUT2D eigenvalue weighted by Gasteiger charge is -2.26. The smallest absolute Gasteiger partial charge is 0.336 e. The van der Waals surface area contributed by atoms with Crippen LogP contribution >= 0.6 is 0 Å². The summed E-state index contributed by atoms with van der Waals surface area (Å²) < 4.78 is 5.18. The van der Waals surface area contributed by atoms with Gasteiger partial charge >= 0.3 is 11.6 Å². The molecule has 27 heavy (non-hydrogen) atoms. The average Bonchev–Trinajstić information content (AvgIpc) is 2.63. The molecule has 7 heteroatoms. The first-order valence-electron chi connectivity index (χ1n) is 9.10. The molecule has 0 bridgehead atoms. The number of carbonyl (C=O) groups excluding carboxylic acids is 1. The highest BCUT2D eigenvalue weighted by atomic mass is 16.4. The molecule has 1 aliphatic carbocycles. The van der Waals surface area contributed by atoms with Gasteiger partial charge in [-0.3, -0.25) is 9.59 Å². The van der Waals surface area contributed by atoms with Crippen molar-refractivity contribution in [2.24, 2.45) is 11.8 Å². The molecule has 3 N–H and O–H groups in total. The van der Waals surface area contributed by atoms with Crippen LogP contribution in [0.4, 0.5) is 0 Å². The van der Waals surface area contributed by atoms with E-state index in [-0.39, 0.29) is 35.5 Å². The minimum atomic E-state index is -0.742. The Morgan fingerprint density at radius 3 is 2.59 bits per heavy atom. The number of hydrogen-bond acceptors (Lipinski definition) is 5. The predicted molar refractivity (Wildman–Crippen MR) is 98.7 cm³/mol. The first-order valence-corrected chi connectivity index (χ1v) is 9.10. The largest absolute Gasteiger partial charge is 0.508 e. The maximum atomic E-state index is 12.3. The lowest BCUT2D eigenvalue weighted by atomic mass is 9.82. The summed E-state index contributed by atoms with van der Waals surface area (Å²) in [6.07, 6.45) is 2.89. The number of fused-ring (bicyclic) bond motifs is 1. The van der Waals surface area contributed by atoms with Crippen LogP contribution in [-0.4, -0.2) is 28.6 Å². The van der Waals surface area contributed by atoms with Crippen LogP contribution < -0.4 is 10.9 Å². The molecule has 1 amide bonds. The Hall–Kier alpha value is -2.83. The molecule has 0 aliphatic heterocycles. The third-order valence-corrected chi connectivity index (χ3v) is 5.35. The number of aryl methyl sites for hydroxylation is 1. The number of hydrogen-bond donors (Lipinski definition) is 3. The van der Waals surface area contributed by atoms with Crippen molar-refractivity contribution in [1.29, 1.82) is 0 Å². The van der Waals surface area contributed by atoms with Crippen molar-refractivity contribution >= 4 is 22.8 Å². The summed E-state index contributed by atoms with van der Waals surface area (Å²) in [4.78, 5) is 35.2. The molecule has 1 aromatic carbocycles. The van der Waals surface area contributed by atoms with Gasteiger partial charge in [0.1, 0.15) is 11.3 Å². The molecule has 1 fully saturated rings. The van der Waals surface area contributed by atoms with Gasteiger partial charge in [-0.2, -0.15) is 0 Å². The second-order valence-electron chi connectivity index (χ2n) is 7.21. The maximum Gasteiger partial charge on any atom is 0.336 e. The third-order valence-electron chi connectivity index (χ3n) is 5.35. The van der Waals surface area contributed by atoms with Gasteiger partial charge in [0.05, 0.1) is 12.3 Å². The summed E-state index contributed by atoms with van der Waals surface area (Å²) in [5.74, 6) is -0.904. The van der Waals surface area contributed by atoms with Crippen LogP contribution in [0.15, 0.2) is 27.4 Å². The van der Waals surface area contributed by atoms with E-state index in [1.165, 1.54) is 12.1 Å². The topological polar surface area (TPSA) is 117 Å². The Morgan fingerprint density at radius 1 is 1.22 bits per heavy atom. The molecule has 144 valence electrons. The van der Waals surface area contributed by atoms with Gasteiger partial charge in [0.15, 0.2) is 0 Å². The van der Waals surface area contributed by atoms with Crippen molar-refractivity contribution in [2.45, 2.75) is 39.0 Å². The Labute approximate surface area is 156 Å². The molecule has 2 aromatic rings. The Kier molecular flexibility index (Phi) is 5.48. The monoisotopic (exact) mass is 373 g/mol. The fraction of sp³-hybridized carbons (Fsp3) is 0.450. The summed E-state index contributed by atoms with van der Waals surface area (Å²) in [5, 5.41) is 22.3. The van der Waals surface area contributed by atoms with Crippen LogP contribution in [0.5, 0.6) is 5.75 Å². The molecular weight excluding hydrogens is 350 g/mol. The zero-order chi connectivity index (χ0) is 19.6. The fourth-order valence-corrected chi connectivity index (χ4v) is 3.67. The summed E-state index contributed by atoms with van der Waals surface area (Å²) in [6, 6.07) is 4.45. The van der Waals surface area contributed by atoms with Gasteiger partial charge < -0.3 is 19.9 Å². The molecule has 0 atom stereocenters. The SMILES string of the molecule is Cc1c(O)ccc2c(CC(=O)NCC3CCC(C(=O)O)CC3)cc(=O)oc12. The highest BCUT2D eigenvalue weighted by molar-refractivity contribution is 5.89. The lowest BCUT2D eigenvalue weighted by Crippen LogP contribution is -2.33. The van der Waals surface area contributed by atoms with Gasteiger partial charge in [-0.05, 0) is 56.2 Å². The minimum Gasteiger partial charge on any atom is -0.508 e. The Morgan fingerprint density at radius 2 is 1.93 bits per heavy atom. The van der Waals surface area contributed by atoms with E-state index in [1.807, 2.05) is 0 Å². The normalized spacial score (nSPS) is 19.7. The maximum absolute atomic E-state index is 12.3. The van der Waals surface area contributed by atoms with E-state index >= 15 is 0 Å². The first-order chi connectivity index (χ1) is 12.8. The van der Waals surface area contributed by atoms with E-state index in [2.05, 4.69) is 5.32 Å². The number of rotatable bonds is 5. The summed E-state index contributed by atoms with van der Waals surface area (Å²) >= 11 is 0. The molecule has 1 heterocycles. The fourth-order valence-electron chi connectivity index (χ4n) is 3.67. The number of carboxylic acid groups (broad SMARTS) is 1. The number of aliphatic carboxylic acids is 1. The Bertz CT molecular complexity index is 924. The number of aromatic hydroxyl groups is 1. The van der Waals surface area contributed by atoms with E-state index in [9.17, 15) is 19.5 Å². The molecule has 0 radical (unpaired) electrons. The van der Waals surface area contributed by atoms with Gasteiger partial charge in [-0.15, -0.1) is 0 Å². The zero-order valence-corrected chi connectivity index (χ0v) is 15.2. The molecule has 7 nitrogen and oxygen atoms in total. The molecule has 0 spiro atoms. The van der Waals surface area contributed by atoms with Gasteiger partial charge in [0.2, 0.25) is 5.91 Å². The van der Waals surface area contributed by atoms with E-state index in [1.54, 1.807) is 13.0 Å². The number of phenols is 1. The van der Waals surface area contributed by atoms with E-state index in [0.29, 0.717) is 35.9 Å². The van der Waals surface area contributed by atoms with Crippen LogP contribution in [0.1, 0.15) is 36.8 Å². The van der Waals surface area contributed by atoms with Crippen molar-refractivity contribution in [3.8, 4) is 5.75 Å². The van der Waals surface area contributed by atoms with Gasteiger partial charge in [-0.25, -0.2) is 4.79 Å². The third kappa shape index (κ3) is 4.30. The zero-order valence-electron chi connectivity index (χ0n) is 15.2. The highest BCUT2D eigenvalue weighted by Crippen LogP contribution is 2.29. The number of benzene rings is 1. The number of amides is 1. The summed E-state index contributed by atoms with van der Waals surface area (Å²) in [7, 11) is 0. The average molecular weight is 373 g/mol. The standard InChI is InChI=1S/C20H23NO6/c1-11-16(22)7-6-15-14(9-18(24)27-19(11)15)8-17(23)21-10-12-2-4-13(5-3-12)20(25)26/h6-7,9,12-13,22H,2-5,8,10H2,1H3,(H,21,23)(H,25,26). The number of carboxylic acids is 1. The van der Waals surface area contributed by atoms with E-state index in [0.717, 1.165) is 12.8 Å². The number of nitrogens with one attached hydrogen (secondary N) is 1. The molecule has 3 rings (SSSR count). The second kappa shape index (κ2) is 7.82. The van der Waals surface area contributed by atoms with Crippen molar-refractivity contribution in [2.75, 3.05) is 6.54 Å². The minimum absolute atomic E-state index is 0.0317. The molecule has 1 aliphatic rings. The molecule has 1 saturated carbocycles. The van der Waals surface area contributed by atoms with Crippen LogP contribution in [0.3, 0.4) is 0 Å². The van der Waals surface area contributed by atoms with E-state index in [4.69, 9.17) is 9.52 Å². The summed E-state index contributed by atoms with van der Waals surface area (Å²) in [5.41, 5.74) is 0.738. The second-order valence-corrected chi connectivity index (χ2v) is 7.21. The number of carbonyl (C=O) groups is 2. The number of phenolic OH excluding ortho intramolecular Hbond substituents is 1. The highest BCUT2D eigenvalue weighted by Gasteiger charge is 2.26. The molecule has 0 unspecified atom stereocenters. The van der Waals surface area contributed by atoms with Crippen molar-refractivity contribution in [3.63, 3.8) is 0 Å². The van der Waals surface area contributed by atoms with E-state index < -0.39 is 11.6 Å². The van der Waals surface area contributed by atoms with Crippen molar-refractivity contribution in [1.82, 2.24) is 5.32 Å². The quantitative estimate of drug-likeness (QED) is 0.693. The van der Waals surface area contributed by atoms with Crippen molar-refractivity contribution in [3.05, 3.63) is 39.7 Å². The van der Waals surface area contributed by atoms with Crippen LogP contribution in [0, 0.1) is 18.8 Å². The van der Waals surface area contributed by atoms with Gasteiger partial charge in [0.25, 0.3) is 0 Å². The van der Waals surface area contributed by atoms with Gasteiger partial charge in [0, 0.05) is 23.6 Å².